The highest BCUT2D eigenvalue weighted by Crippen LogP contribution is 2.30. The van der Waals surface area contributed by atoms with Crippen molar-refractivity contribution >= 4 is 29.2 Å². The molecule has 0 saturated heterocycles. The van der Waals surface area contributed by atoms with Crippen LogP contribution in [0.4, 0.5) is 4.79 Å². The number of alkyl carbamates (subject to hydrolysis) is 1. The number of nitrogens with zero attached hydrogens (tertiary/aromatic N) is 4. The first-order valence-electron chi connectivity index (χ1n) is 8.42. The van der Waals surface area contributed by atoms with E-state index in [2.05, 4.69) is 25.7 Å². The predicted molar refractivity (Wildman–Crippen MR) is 102 cm³/mol. The molecular weight excluding hydrogens is 390 g/mol. The zero-order valence-corrected chi connectivity index (χ0v) is 18.2. The van der Waals surface area contributed by atoms with Gasteiger partial charge in [-0.3, -0.25) is 0 Å². The van der Waals surface area contributed by atoms with Gasteiger partial charge in [0.25, 0.3) is 5.19 Å². The van der Waals surface area contributed by atoms with Crippen LogP contribution >= 0.6 is 23.1 Å². The molecule has 0 bridgehead atoms. The number of aromatic nitrogens is 4. The van der Waals surface area contributed by atoms with Crippen LogP contribution in [-0.4, -0.2) is 38.1 Å². The molecule has 0 aliphatic heterocycles. The van der Waals surface area contributed by atoms with E-state index in [9.17, 15) is 4.79 Å². The monoisotopic (exact) mass is 415 g/mol. The summed E-state index contributed by atoms with van der Waals surface area (Å²) in [7, 11) is 0. The first kappa shape index (κ1) is 21.4. The largest absolute Gasteiger partial charge is 0.466 e. The highest BCUT2D eigenvalue weighted by atomic mass is 32.2. The smallest absolute Gasteiger partial charge is 0.408 e. The fourth-order valence-corrected chi connectivity index (χ4v) is 3.45. The maximum atomic E-state index is 12.0. The first-order chi connectivity index (χ1) is 12.4. The van der Waals surface area contributed by atoms with Crippen LogP contribution in [0.5, 0.6) is 5.19 Å². The Balaban J connectivity index is 1.93. The number of hydrogen-bond acceptors (Lipinski definition) is 10. The van der Waals surface area contributed by atoms with Crippen LogP contribution in [0.15, 0.2) is 8.86 Å². The van der Waals surface area contributed by atoms with Crippen molar-refractivity contribution in [2.24, 2.45) is 0 Å². The molecule has 2 heterocycles. The minimum Gasteiger partial charge on any atom is -0.466 e. The van der Waals surface area contributed by atoms with Crippen LogP contribution in [0.25, 0.3) is 0 Å². The predicted octanol–water partition coefficient (Wildman–Crippen LogP) is 3.76. The molecule has 1 amide bonds. The molecule has 150 valence electrons. The minimum absolute atomic E-state index is 0.0500. The third-order valence-electron chi connectivity index (χ3n) is 2.88. The zero-order valence-electron chi connectivity index (χ0n) is 16.5. The van der Waals surface area contributed by atoms with E-state index < -0.39 is 17.2 Å². The van der Waals surface area contributed by atoms with E-state index in [1.807, 2.05) is 13.8 Å². The Labute approximate surface area is 166 Å². The molecule has 0 saturated carbocycles. The van der Waals surface area contributed by atoms with E-state index in [0.717, 1.165) is 4.34 Å². The molecule has 2 aromatic heterocycles. The maximum absolute atomic E-state index is 12.0. The molecular formula is C16H25N5O4S2. The van der Waals surface area contributed by atoms with E-state index in [4.69, 9.17) is 14.0 Å². The quantitative estimate of drug-likeness (QED) is 0.675. The summed E-state index contributed by atoms with van der Waals surface area (Å²) in [6.45, 7) is 12.8. The van der Waals surface area contributed by atoms with Crippen LogP contribution in [0.1, 0.15) is 60.2 Å². The second-order valence-electron chi connectivity index (χ2n) is 7.55. The average molecular weight is 416 g/mol. The van der Waals surface area contributed by atoms with Crippen LogP contribution in [0, 0.1) is 0 Å². The lowest BCUT2D eigenvalue weighted by molar-refractivity contribution is 0.0465. The molecule has 0 fully saturated rings. The fourth-order valence-electron chi connectivity index (χ4n) is 1.81. The summed E-state index contributed by atoms with van der Waals surface area (Å²) in [5, 5.41) is 15.3. The number of amides is 1. The van der Waals surface area contributed by atoms with Crippen molar-refractivity contribution in [2.75, 3.05) is 0 Å². The summed E-state index contributed by atoms with van der Waals surface area (Å²) in [4.78, 5) is 16.4. The number of hydrogen-bond donors (Lipinski definition) is 1. The molecule has 0 aliphatic rings. The zero-order chi connectivity index (χ0) is 20.2. The molecule has 2 aromatic rings. The van der Waals surface area contributed by atoms with E-state index in [1.165, 1.54) is 23.1 Å². The Kier molecular flexibility index (Phi) is 6.68. The number of carbonyl (C=O) groups excluding carboxylic acids is 1. The van der Waals surface area contributed by atoms with Gasteiger partial charge in [-0.25, -0.2) is 4.79 Å². The van der Waals surface area contributed by atoms with Gasteiger partial charge in [0.2, 0.25) is 5.89 Å². The van der Waals surface area contributed by atoms with Gasteiger partial charge in [-0.1, -0.05) is 22.0 Å². The number of ether oxygens (including phenoxy) is 2. The lowest BCUT2D eigenvalue weighted by atomic mass is 10.1. The van der Waals surface area contributed by atoms with E-state index in [-0.39, 0.29) is 6.10 Å². The molecule has 0 aliphatic carbocycles. The number of nitrogens with one attached hydrogen (secondary N) is 1. The maximum Gasteiger partial charge on any atom is 0.408 e. The molecule has 27 heavy (non-hydrogen) atoms. The van der Waals surface area contributed by atoms with Crippen LogP contribution in [0.3, 0.4) is 0 Å². The highest BCUT2D eigenvalue weighted by molar-refractivity contribution is 8.00. The summed E-state index contributed by atoms with van der Waals surface area (Å²) in [5.41, 5.74) is -1.42. The summed E-state index contributed by atoms with van der Waals surface area (Å²) in [5.74, 6) is 1.23. The fraction of sp³-hybridized carbons (Fsp3) is 0.688. The van der Waals surface area contributed by atoms with E-state index >= 15 is 0 Å². The molecule has 2 rings (SSSR count). The van der Waals surface area contributed by atoms with Gasteiger partial charge in [-0.2, -0.15) is 4.98 Å². The van der Waals surface area contributed by atoms with Crippen molar-refractivity contribution < 1.29 is 18.8 Å². The highest BCUT2D eigenvalue weighted by Gasteiger charge is 2.31. The molecule has 0 atom stereocenters. The molecule has 9 nitrogen and oxygen atoms in total. The number of carbonyl (C=O) groups is 1. The molecule has 0 unspecified atom stereocenters. The van der Waals surface area contributed by atoms with Crippen molar-refractivity contribution in [3.63, 3.8) is 0 Å². The Morgan fingerprint density at radius 3 is 2.59 bits per heavy atom. The van der Waals surface area contributed by atoms with Crippen molar-refractivity contribution in [3.05, 3.63) is 11.7 Å². The first-order valence-corrected chi connectivity index (χ1v) is 10.2. The molecule has 11 heteroatoms. The Hall–Kier alpha value is -1.88. The van der Waals surface area contributed by atoms with E-state index in [1.54, 1.807) is 34.6 Å². The van der Waals surface area contributed by atoms with Crippen molar-refractivity contribution in [1.82, 2.24) is 25.7 Å². The third kappa shape index (κ3) is 6.98. The SMILES string of the molecule is CC(C)Oc1nnc(SCc2nc(C(C)(C)NC(=O)OC(C)(C)C)no2)s1. The lowest BCUT2D eigenvalue weighted by Gasteiger charge is -2.26. The topological polar surface area (TPSA) is 112 Å². The second-order valence-corrected chi connectivity index (χ2v) is 9.72. The van der Waals surface area contributed by atoms with E-state index in [0.29, 0.717) is 22.7 Å². The molecule has 0 aromatic carbocycles. The normalized spacial score (nSPS) is 12.3. The Bertz CT molecular complexity index is 767. The average Bonchev–Trinajstić information content (AvgIpc) is 3.11. The van der Waals surface area contributed by atoms with Gasteiger partial charge in [-0.05, 0) is 59.8 Å². The summed E-state index contributed by atoms with van der Waals surface area (Å²) < 4.78 is 16.8. The number of rotatable bonds is 7. The summed E-state index contributed by atoms with van der Waals surface area (Å²) >= 11 is 2.79. The summed E-state index contributed by atoms with van der Waals surface area (Å²) in [6.07, 6.45) is -0.492. The molecule has 0 radical (unpaired) electrons. The van der Waals surface area contributed by atoms with Gasteiger partial charge in [0.1, 0.15) is 11.1 Å². The van der Waals surface area contributed by atoms with Gasteiger partial charge >= 0.3 is 6.09 Å². The molecule has 0 spiro atoms. The van der Waals surface area contributed by atoms with Gasteiger partial charge in [-0.15, -0.1) is 5.10 Å². The van der Waals surface area contributed by atoms with Gasteiger partial charge < -0.3 is 19.3 Å². The standard InChI is InChI=1S/C16H25N5O4S2/c1-9(2)23-13-19-20-14(27-13)26-8-10-17-11(21-25-10)16(6,7)18-12(22)24-15(3,4)5/h9H,8H2,1-7H3,(H,18,22). The van der Waals surface area contributed by atoms with Crippen molar-refractivity contribution in [1.29, 1.82) is 0 Å². The third-order valence-corrected chi connectivity index (χ3v) is 4.82. The second kappa shape index (κ2) is 8.42. The number of thioether (sulfide) groups is 1. The van der Waals surface area contributed by atoms with Gasteiger partial charge in [0, 0.05) is 0 Å². The molecule has 1 N–H and O–H groups in total. The van der Waals surface area contributed by atoms with Crippen LogP contribution in [-0.2, 0) is 16.0 Å². The van der Waals surface area contributed by atoms with Crippen molar-refractivity contribution in [3.8, 4) is 5.19 Å². The minimum atomic E-state index is -0.838. The summed E-state index contributed by atoms with van der Waals surface area (Å²) in [6, 6.07) is 0. The lowest BCUT2D eigenvalue weighted by Crippen LogP contribution is -2.44. The van der Waals surface area contributed by atoms with Crippen LogP contribution < -0.4 is 10.1 Å². The van der Waals surface area contributed by atoms with Gasteiger partial charge in [0.05, 0.1) is 11.9 Å². The van der Waals surface area contributed by atoms with Gasteiger partial charge in [0.15, 0.2) is 10.2 Å². The van der Waals surface area contributed by atoms with Crippen molar-refractivity contribution in [2.45, 2.75) is 75.8 Å². The van der Waals surface area contributed by atoms with Crippen LogP contribution in [0.2, 0.25) is 0 Å². The Morgan fingerprint density at radius 1 is 1.26 bits per heavy atom. The Morgan fingerprint density at radius 2 is 1.96 bits per heavy atom.